The molecule has 0 aromatic carbocycles. The summed E-state index contributed by atoms with van der Waals surface area (Å²) in [5.74, 6) is 0. The van der Waals surface area contributed by atoms with Gasteiger partial charge in [-0.2, -0.15) is 22.0 Å². The van der Waals surface area contributed by atoms with Crippen LogP contribution >= 0.6 is 23.2 Å². The molecule has 1 nitrogen and oxygen atoms in total. The minimum absolute atomic E-state index is 2.58. The molecular weight excluding hydrogens is 249 g/mol. The topological polar surface area (TPSA) is 9.23 Å². The second-order valence-corrected chi connectivity index (χ2v) is 2.93. The van der Waals surface area contributed by atoms with Crippen molar-refractivity contribution in [3.8, 4) is 0 Å². The first-order chi connectivity index (χ1) is 5.57. The van der Waals surface area contributed by atoms with Gasteiger partial charge in [0.25, 0.3) is 6.36 Å². The first-order valence-corrected chi connectivity index (χ1v) is 3.49. The molecule has 0 aromatic heterocycles. The van der Waals surface area contributed by atoms with Gasteiger partial charge in [0.15, 0.2) is 4.84 Å². The van der Waals surface area contributed by atoms with Gasteiger partial charge < -0.3 is 0 Å². The van der Waals surface area contributed by atoms with E-state index in [1.807, 2.05) is 0 Å². The second-order valence-electron chi connectivity index (χ2n) is 1.84. The molecule has 0 saturated heterocycles. The van der Waals surface area contributed by atoms with E-state index >= 15 is 0 Å². The second kappa shape index (κ2) is 4.10. The number of hydrogen-bond donors (Lipinski definition) is 0. The maximum absolute atomic E-state index is 12.1. The van der Waals surface area contributed by atoms with E-state index in [2.05, 4.69) is 27.9 Å². The van der Waals surface area contributed by atoms with Crippen LogP contribution in [0.3, 0.4) is 0 Å². The molecule has 80 valence electrons. The quantitative estimate of drug-likeness (QED) is 0.552. The molecule has 13 heavy (non-hydrogen) atoms. The van der Waals surface area contributed by atoms with Crippen molar-refractivity contribution in [3.63, 3.8) is 0 Å². The Balaban J connectivity index is 4.28. The van der Waals surface area contributed by atoms with Crippen molar-refractivity contribution in [3.05, 3.63) is 0 Å². The lowest BCUT2D eigenvalue weighted by Gasteiger charge is -2.21. The minimum Gasteiger partial charge on any atom is -0.275 e. The summed E-state index contributed by atoms with van der Waals surface area (Å²) in [7, 11) is 0. The van der Waals surface area contributed by atoms with Gasteiger partial charge in [-0.25, -0.2) is 4.39 Å². The zero-order valence-electron chi connectivity index (χ0n) is 5.59. The maximum Gasteiger partial charge on any atom is 0.445 e. The number of ether oxygens (including phenoxy) is 1. The minimum atomic E-state index is -5.54. The number of rotatable bonds is 3. The van der Waals surface area contributed by atoms with Crippen LogP contribution in [0.4, 0.5) is 26.3 Å². The third kappa shape index (κ3) is 4.24. The summed E-state index contributed by atoms with van der Waals surface area (Å²) >= 11 is 9.04. The first kappa shape index (κ1) is 13.1. The monoisotopic (exact) mass is 250 g/mol. The van der Waals surface area contributed by atoms with Gasteiger partial charge in [-0.05, 0) is 0 Å². The molecular formula is C4H2Cl2F6O. The molecule has 0 saturated carbocycles. The summed E-state index contributed by atoms with van der Waals surface area (Å²) in [6, 6.07) is 0. The molecule has 0 aliphatic carbocycles. The molecule has 0 aliphatic heterocycles. The van der Waals surface area contributed by atoms with Crippen LogP contribution in [0.25, 0.3) is 0 Å². The fourth-order valence-corrected chi connectivity index (χ4v) is 0.359. The SMILES string of the molecule is FC(OC(F)(F)C(Cl)Cl)C(F)(F)F. The van der Waals surface area contributed by atoms with E-state index in [4.69, 9.17) is 0 Å². The zero-order valence-corrected chi connectivity index (χ0v) is 7.10. The summed E-state index contributed by atoms with van der Waals surface area (Å²) in [6.07, 6.45) is -14.2. The largest absolute Gasteiger partial charge is 0.445 e. The molecule has 0 fully saturated rings. The van der Waals surface area contributed by atoms with Gasteiger partial charge in [-0.3, -0.25) is 4.74 Å². The highest BCUT2D eigenvalue weighted by atomic mass is 35.5. The number of halogens is 8. The molecule has 0 aromatic rings. The highest BCUT2D eigenvalue weighted by Crippen LogP contribution is 2.34. The van der Waals surface area contributed by atoms with E-state index in [0.29, 0.717) is 0 Å². The van der Waals surface area contributed by atoms with Crippen LogP contribution in [-0.4, -0.2) is 23.5 Å². The maximum atomic E-state index is 12.1. The molecule has 9 heteroatoms. The number of alkyl halides is 8. The van der Waals surface area contributed by atoms with Gasteiger partial charge in [-0.1, -0.05) is 23.2 Å². The molecule has 0 amide bonds. The van der Waals surface area contributed by atoms with Crippen molar-refractivity contribution in [1.29, 1.82) is 0 Å². The zero-order chi connectivity index (χ0) is 10.9. The van der Waals surface area contributed by atoms with Crippen molar-refractivity contribution in [2.45, 2.75) is 23.5 Å². The van der Waals surface area contributed by atoms with Gasteiger partial charge in [0.05, 0.1) is 0 Å². The molecule has 1 atom stereocenters. The van der Waals surface area contributed by atoms with E-state index in [1.54, 1.807) is 0 Å². The Hall–Kier alpha value is 0.120. The van der Waals surface area contributed by atoms with Crippen molar-refractivity contribution in [2.24, 2.45) is 0 Å². The highest BCUT2D eigenvalue weighted by molar-refractivity contribution is 6.44. The average molecular weight is 251 g/mol. The van der Waals surface area contributed by atoms with Gasteiger partial charge >= 0.3 is 12.3 Å². The fraction of sp³-hybridized carbons (Fsp3) is 1.00. The van der Waals surface area contributed by atoms with Crippen LogP contribution in [0.2, 0.25) is 0 Å². The average Bonchev–Trinajstić information content (AvgIpc) is 1.83. The fourth-order valence-electron chi connectivity index (χ4n) is 0.256. The Labute approximate surface area is 78.5 Å². The highest BCUT2D eigenvalue weighted by Gasteiger charge is 2.50. The summed E-state index contributed by atoms with van der Waals surface area (Å²) < 4.78 is 72.7. The third-order valence-electron chi connectivity index (χ3n) is 0.772. The van der Waals surface area contributed by atoms with Gasteiger partial charge in [0.2, 0.25) is 0 Å². The van der Waals surface area contributed by atoms with Gasteiger partial charge in [-0.15, -0.1) is 0 Å². The van der Waals surface area contributed by atoms with Crippen LogP contribution in [0.1, 0.15) is 0 Å². The van der Waals surface area contributed by atoms with E-state index in [-0.39, 0.29) is 0 Å². The molecule has 0 spiro atoms. The molecule has 0 heterocycles. The van der Waals surface area contributed by atoms with Crippen LogP contribution in [0, 0.1) is 0 Å². The van der Waals surface area contributed by atoms with Crippen molar-refractivity contribution < 1.29 is 31.1 Å². The van der Waals surface area contributed by atoms with E-state index in [0.717, 1.165) is 0 Å². The smallest absolute Gasteiger partial charge is 0.275 e. The predicted octanol–water partition coefficient (Wildman–Crippen LogP) is 3.26. The Bertz CT molecular complexity index is 169. The summed E-state index contributed by atoms with van der Waals surface area (Å²) in [5.41, 5.74) is 0. The van der Waals surface area contributed by atoms with Gasteiger partial charge in [0.1, 0.15) is 0 Å². The van der Waals surface area contributed by atoms with Crippen LogP contribution in [-0.2, 0) is 4.74 Å². The lowest BCUT2D eigenvalue weighted by Crippen LogP contribution is -2.38. The Morgan fingerprint density at radius 3 is 1.62 bits per heavy atom. The van der Waals surface area contributed by atoms with Crippen LogP contribution in [0.5, 0.6) is 0 Å². The van der Waals surface area contributed by atoms with E-state index < -0.39 is 23.5 Å². The lowest BCUT2D eigenvalue weighted by atomic mass is 10.6. The Morgan fingerprint density at radius 1 is 1.00 bits per heavy atom. The number of hydrogen-bond acceptors (Lipinski definition) is 1. The molecule has 1 unspecified atom stereocenters. The summed E-state index contributed by atoms with van der Waals surface area (Å²) in [6.45, 7) is 0. The normalized spacial score (nSPS) is 16.4. The first-order valence-electron chi connectivity index (χ1n) is 2.62. The standard InChI is InChI=1S/C4H2Cl2F6O/c5-1(6)4(11,12)13-2(7)3(8,9)10/h1-2H. The van der Waals surface area contributed by atoms with Crippen molar-refractivity contribution >= 4 is 23.2 Å². The molecule has 0 bridgehead atoms. The molecule has 0 aliphatic rings. The van der Waals surface area contributed by atoms with E-state index in [9.17, 15) is 26.3 Å². The summed E-state index contributed by atoms with van der Waals surface area (Å²) in [5, 5.41) is 0. The third-order valence-corrected chi connectivity index (χ3v) is 1.28. The van der Waals surface area contributed by atoms with E-state index in [1.165, 1.54) is 0 Å². The molecule has 0 N–H and O–H groups in total. The van der Waals surface area contributed by atoms with Crippen molar-refractivity contribution in [2.75, 3.05) is 0 Å². The van der Waals surface area contributed by atoms with Crippen LogP contribution < -0.4 is 0 Å². The molecule has 0 rings (SSSR count). The molecule has 0 radical (unpaired) electrons. The lowest BCUT2D eigenvalue weighted by molar-refractivity contribution is -0.352. The van der Waals surface area contributed by atoms with Gasteiger partial charge in [0, 0.05) is 0 Å². The summed E-state index contributed by atoms with van der Waals surface area (Å²) in [4.78, 5) is -2.58. The predicted molar refractivity (Wildman–Crippen MR) is 32.5 cm³/mol. The van der Waals surface area contributed by atoms with Crippen molar-refractivity contribution in [1.82, 2.24) is 0 Å². The Kier molecular flexibility index (Phi) is 4.14. The Morgan fingerprint density at radius 2 is 1.38 bits per heavy atom. The van der Waals surface area contributed by atoms with Crippen LogP contribution in [0.15, 0.2) is 0 Å².